The van der Waals surface area contributed by atoms with Crippen molar-refractivity contribution in [3.05, 3.63) is 30.1 Å². The van der Waals surface area contributed by atoms with Crippen LogP contribution in [0.4, 0.5) is 10.1 Å². The van der Waals surface area contributed by atoms with E-state index in [2.05, 4.69) is 0 Å². The Morgan fingerprint density at radius 2 is 2.06 bits per heavy atom. The highest BCUT2D eigenvalue weighted by atomic mass is 35.5. The highest BCUT2D eigenvalue weighted by Crippen LogP contribution is 2.28. The molecule has 0 unspecified atom stereocenters. The number of alkyl halides is 1. The van der Waals surface area contributed by atoms with E-state index < -0.39 is 5.38 Å². The maximum Gasteiger partial charge on any atom is 0.245 e. The normalized spacial score (nSPS) is 25.2. The van der Waals surface area contributed by atoms with Gasteiger partial charge in [0, 0.05) is 24.8 Å². The number of aliphatic hydroxyl groups is 1. The van der Waals surface area contributed by atoms with Crippen LogP contribution in [0, 0.1) is 11.7 Å². The van der Waals surface area contributed by atoms with Crippen molar-refractivity contribution in [2.75, 3.05) is 18.1 Å². The Balaban J connectivity index is 2.23. The van der Waals surface area contributed by atoms with E-state index in [1.807, 2.05) is 0 Å². The Hall–Kier alpha value is -1.13. The van der Waals surface area contributed by atoms with Crippen LogP contribution in [-0.2, 0) is 4.79 Å². The predicted molar refractivity (Wildman–Crippen MR) is 59.0 cm³/mol. The van der Waals surface area contributed by atoms with Gasteiger partial charge in [0.1, 0.15) is 11.2 Å². The Labute approximate surface area is 97.4 Å². The minimum Gasteiger partial charge on any atom is -0.396 e. The van der Waals surface area contributed by atoms with Gasteiger partial charge >= 0.3 is 0 Å². The van der Waals surface area contributed by atoms with Gasteiger partial charge in [0.25, 0.3) is 0 Å². The highest BCUT2D eigenvalue weighted by Gasteiger charge is 2.39. The number of carbonyl (C=O) groups excluding carboxylic acids is 1. The van der Waals surface area contributed by atoms with Crippen LogP contribution in [0.25, 0.3) is 0 Å². The summed E-state index contributed by atoms with van der Waals surface area (Å²) in [6.45, 7) is 0.243. The summed E-state index contributed by atoms with van der Waals surface area (Å²) in [4.78, 5) is 13.2. The molecule has 1 fully saturated rings. The van der Waals surface area contributed by atoms with Crippen molar-refractivity contribution in [3.8, 4) is 0 Å². The molecule has 0 bridgehead atoms. The molecule has 3 nitrogen and oxygen atoms in total. The number of rotatable bonds is 2. The van der Waals surface area contributed by atoms with E-state index in [0.717, 1.165) is 0 Å². The molecule has 1 amide bonds. The summed E-state index contributed by atoms with van der Waals surface area (Å²) in [6.07, 6.45) is 0. The number of hydrogen-bond donors (Lipinski definition) is 1. The molecule has 0 spiro atoms. The highest BCUT2D eigenvalue weighted by molar-refractivity contribution is 6.34. The summed E-state index contributed by atoms with van der Waals surface area (Å²) in [7, 11) is 0. The van der Waals surface area contributed by atoms with Crippen molar-refractivity contribution in [2.45, 2.75) is 5.38 Å². The molecular formula is C11H11ClFNO2. The second-order valence-electron chi connectivity index (χ2n) is 3.77. The van der Waals surface area contributed by atoms with Crippen molar-refractivity contribution in [3.63, 3.8) is 0 Å². The van der Waals surface area contributed by atoms with Gasteiger partial charge in [-0.2, -0.15) is 0 Å². The van der Waals surface area contributed by atoms with Crippen LogP contribution in [0.3, 0.4) is 0 Å². The van der Waals surface area contributed by atoms with Crippen LogP contribution < -0.4 is 4.90 Å². The number of halogens is 2. The zero-order valence-corrected chi connectivity index (χ0v) is 9.19. The topological polar surface area (TPSA) is 40.5 Å². The zero-order chi connectivity index (χ0) is 11.7. The Morgan fingerprint density at radius 1 is 1.44 bits per heavy atom. The lowest BCUT2D eigenvalue weighted by molar-refractivity contribution is -0.117. The number of amides is 1. The third-order valence-electron chi connectivity index (χ3n) is 2.71. The number of anilines is 1. The number of aliphatic hydroxyl groups excluding tert-OH is 1. The number of carbonyl (C=O) groups is 1. The second-order valence-corrected chi connectivity index (χ2v) is 4.24. The van der Waals surface area contributed by atoms with Crippen LogP contribution in [0.15, 0.2) is 24.3 Å². The monoisotopic (exact) mass is 243 g/mol. The van der Waals surface area contributed by atoms with Gasteiger partial charge in [-0.05, 0) is 24.3 Å². The summed E-state index contributed by atoms with van der Waals surface area (Å²) < 4.78 is 12.7. The lowest BCUT2D eigenvalue weighted by atomic mass is 10.1. The van der Waals surface area contributed by atoms with E-state index in [0.29, 0.717) is 12.2 Å². The van der Waals surface area contributed by atoms with Crippen LogP contribution in [-0.4, -0.2) is 29.5 Å². The van der Waals surface area contributed by atoms with E-state index in [1.165, 1.54) is 29.2 Å². The fraction of sp³-hybridized carbons (Fsp3) is 0.364. The average Bonchev–Trinajstić information content (AvgIpc) is 2.57. The van der Waals surface area contributed by atoms with Crippen molar-refractivity contribution in [1.29, 1.82) is 0 Å². The molecule has 1 aliphatic rings. The molecule has 2 rings (SSSR count). The molecule has 2 atom stereocenters. The lowest BCUT2D eigenvalue weighted by Crippen LogP contribution is -2.27. The molecule has 1 aromatic rings. The fourth-order valence-electron chi connectivity index (χ4n) is 1.77. The van der Waals surface area contributed by atoms with Crippen LogP contribution in [0.2, 0.25) is 0 Å². The first-order valence-electron chi connectivity index (χ1n) is 4.95. The Kier molecular flexibility index (Phi) is 3.12. The third-order valence-corrected chi connectivity index (χ3v) is 3.25. The van der Waals surface area contributed by atoms with Gasteiger partial charge in [-0.3, -0.25) is 4.79 Å². The van der Waals surface area contributed by atoms with Crippen molar-refractivity contribution < 1.29 is 14.3 Å². The van der Waals surface area contributed by atoms with E-state index in [9.17, 15) is 9.18 Å². The Bertz CT molecular complexity index is 395. The molecule has 1 N–H and O–H groups in total. The van der Waals surface area contributed by atoms with Gasteiger partial charge in [0.2, 0.25) is 5.91 Å². The molecule has 0 aliphatic carbocycles. The molecule has 16 heavy (non-hydrogen) atoms. The van der Waals surface area contributed by atoms with Gasteiger partial charge in [0.15, 0.2) is 0 Å². The average molecular weight is 244 g/mol. The smallest absolute Gasteiger partial charge is 0.245 e. The standard InChI is InChI=1S/C11H11ClFNO2/c12-10-7(6-15)5-14(11(10)16)9-3-1-8(13)2-4-9/h1-4,7,10,15H,5-6H2/t7-,10-/m1/s1. The second kappa shape index (κ2) is 4.39. The summed E-state index contributed by atoms with van der Waals surface area (Å²) in [5.41, 5.74) is 0.605. The largest absolute Gasteiger partial charge is 0.396 e. The minimum atomic E-state index is -0.699. The zero-order valence-electron chi connectivity index (χ0n) is 8.44. The number of nitrogens with zero attached hydrogens (tertiary/aromatic N) is 1. The molecule has 0 saturated carbocycles. The molecule has 1 aliphatic heterocycles. The van der Waals surface area contributed by atoms with Gasteiger partial charge in [-0.25, -0.2) is 4.39 Å². The molecule has 86 valence electrons. The van der Waals surface area contributed by atoms with E-state index in [4.69, 9.17) is 16.7 Å². The molecule has 5 heteroatoms. The quantitative estimate of drug-likeness (QED) is 0.798. The van der Waals surface area contributed by atoms with E-state index >= 15 is 0 Å². The van der Waals surface area contributed by atoms with Crippen molar-refractivity contribution >= 4 is 23.2 Å². The summed E-state index contributed by atoms with van der Waals surface area (Å²) in [5, 5.41) is 8.34. The first kappa shape index (κ1) is 11.4. The Morgan fingerprint density at radius 3 is 2.56 bits per heavy atom. The van der Waals surface area contributed by atoms with E-state index in [-0.39, 0.29) is 24.2 Å². The maximum atomic E-state index is 12.7. The van der Waals surface area contributed by atoms with E-state index in [1.54, 1.807) is 0 Å². The first-order valence-corrected chi connectivity index (χ1v) is 5.39. The van der Waals surface area contributed by atoms with Gasteiger partial charge < -0.3 is 10.0 Å². The van der Waals surface area contributed by atoms with Crippen LogP contribution >= 0.6 is 11.6 Å². The van der Waals surface area contributed by atoms with Crippen molar-refractivity contribution in [1.82, 2.24) is 0 Å². The molecule has 1 saturated heterocycles. The summed E-state index contributed by atoms with van der Waals surface area (Å²) >= 11 is 5.88. The summed E-state index contributed by atoms with van der Waals surface area (Å²) in [5.74, 6) is -0.858. The maximum absolute atomic E-state index is 12.7. The molecule has 0 aromatic heterocycles. The minimum absolute atomic E-state index is 0.127. The molecule has 1 heterocycles. The molecule has 1 aromatic carbocycles. The van der Waals surface area contributed by atoms with Gasteiger partial charge in [-0.15, -0.1) is 11.6 Å². The third kappa shape index (κ3) is 1.90. The summed E-state index contributed by atoms with van der Waals surface area (Å²) in [6, 6.07) is 5.63. The number of hydrogen-bond acceptors (Lipinski definition) is 2. The fourth-order valence-corrected chi connectivity index (χ4v) is 2.05. The SMILES string of the molecule is O=C1[C@H](Cl)[C@@H](CO)CN1c1ccc(F)cc1. The van der Waals surface area contributed by atoms with Crippen molar-refractivity contribution in [2.24, 2.45) is 5.92 Å². The van der Waals surface area contributed by atoms with Gasteiger partial charge in [0.05, 0.1) is 0 Å². The molecule has 0 radical (unpaired) electrons. The predicted octanol–water partition coefficient (Wildman–Crippen LogP) is 1.39. The van der Waals surface area contributed by atoms with Crippen LogP contribution in [0.5, 0.6) is 0 Å². The molecular weight excluding hydrogens is 233 g/mol. The lowest BCUT2D eigenvalue weighted by Gasteiger charge is -2.15. The number of benzene rings is 1. The van der Waals surface area contributed by atoms with Gasteiger partial charge in [-0.1, -0.05) is 0 Å². The first-order chi connectivity index (χ1) is 7.63. The van der Waals surface area contributed by atoms with Crippen LogP contribution in [0.1, 0.15) is 0 Å².